The maximum Gasteiger partial charge on any atom is 0.234 e. The van der Waals surface area contributed by atoms with Crippen LogP contribution in [0.5, 0.6) is 5.75 Å². The Balaban J connectivity index is 2.02. The summed E-state index contributed by atoms with van der Waals surface area (Å²) in [6.07, 6.45) is 0.795. The van der Waals surface area contributed by atoms with Gasteiger partial charge in [0.1, 0.15) is 5.75 Å². The van der Waals surface area contributed by atoms with Crippen LogP contribution in [0.4, 0.5) is 5.69 Å². The van der Waals surface area contributed by atoms with E-state index in [1.807, 2.05) is 31.2 Å². The second-order valence-electron chi connectivity index (χ2n) is 5.05. The van der Waals surface area contributed by atoms with Gasteiger partial charge in [0, 0.05) is 19.3 Å². The van der Waals surface area contributed by atoms with Gasteiger partial charge in [0.2, 0.25) is 5.91 Å². The molecule has 0 saturated carbocycles. The van der Waals surface area contributed by atoms with Crippen molar-refractivity contribution in [3.8, 4) is 5.75 Å². The molecule has 20 heavy (non-hydrogen) atoms. The van der Waals surface area contributed by atoms with Crippen LogP contribution in [0.25, 0.3) is 0 Å². The first-order valence-corrected chi connectivity index (χ1v) is 6.94. The molecule has 1 aromatic rings. The molecular weight excluding hydrogens is 256 g/mol. The van der Waals surface area contributed by atoms with Crippen LogP contribution < -0.4 is 15.4 Å². The second kappa shape index (κ2) is 6.72. The highest BCUT2D eigenvalue weighted by Crippen LogP contribution is 2.28. The molecule has 1 atom stereocenters. The summed E-state index contributed by atoms with van der Waals surface area (Å²) in [4.78, 5) is 12.5. The van der Waals surface area contributed by atoms with E-state index < -0.39 is 5.41 Å². The van der Waals surface area contributed by atoms with E-state index in [-0.39, 0.29) is 5.91 Å². The van der Waals surface area contributed by atoms with E-state index in [2.05, 4.69) is 10.6 Å². The predicted molar refractivity (Wildman–Crippen MR) is 78.0 cm³/mol. The second-order valence-corrected chi connectivity index (χ2v) is 5.05. The Bertz CT molecular complexity index is 439. The summed E-state index contributed by atoms with van der Waals surface area (Å²) >= 11 is 0. The topological polar surface area (TPSA) is 59.6 Å². The van der Waals surface area contributed by atoms with Gasteiger partial charge in [-0.3, -0.25) is 4.79 Å². The zero-order chi connectivity index (χ0) is 14.4. The Labute approximate surface area is 119 Å². The molecule has 1 aliphatic heterocycles. The lowest BCUT2D eigenvalue weighted by molar-refractivity contribution is -0.127. The number of nitrogens with one attached hydrogen (secondary N) is 2. The first-order valence-electron chi connectivity index (χ1n) is 6.94. The Morgan fingerprint density at radius 1 is 1.40 bits per heavy atom. The van der Waals surface area contributed by atoms with Crippen molar-refractivity contribution >= 4 is 11.6 Å². The van der Waals surface area contributed by atoms with E-state index in [1.165, 1.54) is 0 Å². The zero-order valence-corrected chi connectivity index (χ0v) is 12.1. The number of rotatable bonds is 6. The van der Waals surface area contributed by atoms with E-state index in [9.17, 15) is 4.79 Å². The molecule has 2 rings (SSSR count). The lowest BCUT2D eigenvalue weighted by atomic mass is 9.87. The number of methoxy groups -OCH3 is 1. The summed E-state index contributed by atoms with van der Waals surface area (Å²) in [5.74, 6) is 0.813. The first-order chi connectivity index (χ1) is 9.70. The molecule has 5 heteroatoms. The van der Waals surface area contributed by atoms with Crippen molar-refractivity contribution in [3.63, 3.8) is 0 Å². The van der Waals surface area contributed by atoms with Gasteiger partial charge in [-0.15, -0.1) is 0 Å². The third-order valence-electron chi connectivity index (χ3n) is 3.57. The van der Waals surface area contributed by atoms with E-state index in [0.29, 0.717) is 19.8 Å². The highest BCUT2D eigenvalue weighted by Gasteiger charge is 2.41. The average Bonchev–Trinajstić information content (AvgIpc) is 2.92. The van der Waals surface area contributed by atoms with Crippen LogP contribution in [0.3, 0.4) is 0 Å². The molecular formula is C15H22N2O3. The lowest BCUT2D eigenvalue weighted by Gasteiger charge is -2.25. The molecule has 110 valence electrons. The number of hydrogen-bond acceptors (Lipinski definition) is 4. The summed E-state index contributed by atoms with van der Waals surface area (Å²) in [5.41, 5.74) is 0.314. The lowest BCUT2D eigenvalue weighted by Crippen LogP contribution is -2.41. The summed E-state index contributed by atoms with van der Waals surface area (Å²) in [6, 6.07) is 7.42. The Morgan fingerprint density at radius 3 is 2.70 bits per heavy atom. The van der Waals surface area contributed by atoms with Crippen LogP contribution in [0, 0.1) is 5.41 Å². The number of carbonyl (C=O) groups excluding carboxylic acids is 1. The Kier molecular flexibility index (Phi) is 4.98. The number of anilines is 1. The molecule has 0 aliphatic carbocycles. The standard InChI is InChI=1S/C15H22N2O3/c1-3-20-13-6-4-12(5-7-13)17-14(18)15(11-19-2)8-9-16-10-15/h4-7,16H,3,8-11H2,1-2H3,(H,17,18). The molecule has 1 aromatic carbocycles. The molecule has 1 fully saturated rings. The number of carbonyl (C=O) groups is 1. The number of ether oxygens (including phenoxy) is 2. The summed E-state index contributed by atoms with van der Waals surface area (Å²) in [7, 11) is 1.63. The third kappa shape index (κ3) is 3.29. The molecule has 0 bridgehead atoms. The summed E-state index contributed by atoms with van der Waals surface area (Å²) < 4.78 is 10.6. The van der Waals surface area contributed by atoms with E-state index in [1.54, 1.807) is 7.11 Å². The van der Waals surface area contributed by atoms with Gasteiger partial charge in [0.05, 0.1) is 18.6 Å². The molecule has 0 spiro atoms. The van der Waals surface area contributed by atoms with Crippen LogP contribution in [-0.4, -0.2) is 39.3 Å². The third-order valence-corrected chi connectivity index (χ3v) is 3.57. The molecule has 1 aliphatic rings. The SMILES string of the molecule is CCOc1ccc(NC(=O)C2(COC)CCNC2)cc1. The number of amides is 1. The smallest absolute Gasteiger partial charge is 0.234 e. The Hall–Kier alpha value is -1.59. The van der Waals surface area contributed by atoms with Gasteiger partial charge in [-0.25, -0.2) is 0 Å². The van der Waals surface area contributed by atoms with Crippen LogP contribution in [0.2, 0.25) is 0 Å². The largest absolute Gasteiger partial charge is 0.494 e. The molecule has 1 unspecified atom stereocenters. The molecule has 1 saturated heterocycles. The van der Waals surface area contributed by atoms with Gasteiger partial charge in [-0.1, -0.05) is 0 Å². The van der Waals surface area contributed by atoms with Gasteiger partial charge in [0.25, 0.3) is 0 Å². The van der Waals surface area contributed by atoms with Gasteiger partial charge < -0.3 is 20.1 Å². The minimum Gasteiger partial charge on any atom is -0.494 e. The van der Waals surface area contributed by atoms with Crippen molar-refractivity contribution < 1.29 is 14.3 Å². The predicted octanol–water partition coefficient (Wildman–Crippen LogP) is 1.65. The molecule has 0 radical (unpaired) electrons. The summed E-state index contributed by atoms with van der Waals surface area (Å²) in [6.45, 7) is 4.51. The van der Waals surface area contributed by atoms with Crippen molar-refractivity contribution in [1.29, 1.82) is 0 Å². The highest BCUT2D eigenvalue weighted by atomic mass is 16.5. The van der Waals surface area contributed by atoms with Gasteiger partial charge in [-0.2, -0.15) is 0 Å². The van der Waals surface area contributed by atoms with Crippen molar-refractivity contribution in [2.24, 2.45) is 5.41 Å². The van der Waals surface area contributed by atoms with Crippen molar-refractivity contribution in [1.82, 2.24) is 5.32 Å². The monoisotopic (exact) mass is 278 g/mol. The minimum absolute atomic E-state index is 0.00788. The Morgan fingerprint density at radius 2 is 2.15 bits per heavy atom. The molecule has 2 N–H and O–H groups in total. The van der Waals surface area contributed by atoms with Crippen LogP contribution in [-0.2, 0) is 9.53 Å². The van der Waals surface area contributed by atoms with Crippen LogP contribution in [0.15, 0.2) is 24.3 Å². The van der Waals surface area contributed by atoms with E-state index in [4.69, 9.17) is 9.47 Å². The van der Waals surface area contributed by atoms with Gasteiger partial charge in [0.15, 0.2) is 0 Å². The maximum atomic E-state index is 12.5. The highest BCUT2D eigenvalue weighted by molar-refractivity contribution is 5.96. The van der Waals surface area contributed by atoms with Crippen molar-refractivity contribution in [3.05, 3.63) is 24.3 Å². The van der Waals surface area contributed by atoms with Crippen LogP contribution in [0.1, 0.15) is 13.3 Å². The fourth-order valence-corrected chi connectivity index (χ4v) is 2.47. The van der Waals surface area contributed by atoms with E-state index in [0.717, 1.165) is 24.4 Å². The quantitative estimate of drug-likeness (QED) is 0.830. The normalized spacial score (nSPS) is 21.7. The maximum absolute atomic E-state index is 12.5. The fourth-order valence-electron chi connectivity index (χ4n) is 2.47. The fraction of sp³-hybridized carbons (Fsp3) is 0.533. The van der Waals surface area contributed by atoms with E-state index >= 15 is 0 Å². The van der Waals surface area contributed by atoms with Crippen molar-refractivity contribution in [2.75, 3.05) is 38.7 Å². The zero-order valence-electron chi connectivity index (χ0n) is 12.1. The number of hydrogen-bond donors (Lipinski definition) is 2. The molecule has 5 nitrogen and oxygen atoms in total. The molecule has 0 aromatic heterocycles. The minimum atomic E-state index is -0.465. The summed E-state index contributed by atoms with van der Waals surface area (Å²) in [5, 5.41) is 6.19. The van der Waals surface area contributed by atoms with Gasteiger partial charge in [-0.05, 0) is 44.2 Å². The first kappa shape index (κ1) is 14.8. The number of benzene rings is 1. The van der Waals surface area contributed by atoms with Gasteiger partial charge >= 0.3 is 0 Å². The molecule has 1 amide bonds. The van der Waals surface area contributed by atoms with Crippen LogP contribution >= 0.6 is 0 Å². The van der Waals surface area contributed by atoms with Crippen molar-refractivity contribution in [2.45, 2.75) is 13.3 Å². The molecule has 1 heterocycles. The average molecular weight is 278 g/mol.